The van der Waals surface area contributed by atoms with Gasteiger partial charge in [-0.3, -0.25) is 0 Å². The first-order chi connectivity index (χ1) is 5.40. The fourth-order valence-electron chi connectivity index (χ4n) is 4.91. The van der Waals surface area contributed by atoms with Crippen molar-refractivity contribution in [2.24, 2.45) is 29.1 Å². The zero-order valence-corrected chi connectivity index (χ0v) is 7.05. The minimum absolute atomic E-state index is 0.978. The van der Waals surface area contributed by atoms with Crippen LogP contribution in [0.4, 0.5) is 0 Å². The summed E-state index contributed by atoms with van der Waals surface area (Å²) in [7, 11) is 0. The molecule has 0 radical (unpaired) electrons. The standard InChI is InChI=1S/C11H16/c1-3-11-4-2-10(11)8-5-7(6-8)9(1)11/h7-10H,1-6H2. The summed E-state index contributed by atoms with van der Waals surface area (Å²) in [5, 5.41) is 0. The van der Waals surface area contributed by atoms with Crippen molar-refractivity contribution in [3.8, 4) is 0 Å². The van der Waals surface area contributed by atoms with Crippen LogP contribution < -0.4 is 0 Å². The van der Waals surface area contributed by atoms with E-state index in [4.69, 9.17) is 0 Å². The van der Waals surface area contributed by atoms with Gasteiger partial charge in [0.05, 0.1) is 0 Å². The van der Waals surface area contributed by atoms with E-state index in [1.807, 2.05) is 0 Å². The molecule has 2 atom stereocenters. The summed E-state index contributed by atoms with van der Waals surface area (Å²) in [6.07, 6.45) is 9.72. The van der Waals surface area contributed by atoms with Gasteiger partial charge in [-0.2, -0.15) is 0 Å². The van der Waals surface area contributed by atoms with E-state index in [-0.39, 0.29) is 0 Å². The highest BCUT2D eigenvalue weighted by molar-refractivity contribution is 5.17. The summed E-state index contributed by atoms with van der Waals surface area (Å²) in [6, 6.07) is 0. The van der Waals surface area contributed by atoms with Gasteiger partial charge in [0, 0.05) is 0 Å². The average Bonchev–Trinajstić information content (AvgIpc) is 1.74. The normalized spacial score (nSPS) is 69.8. The molecule has 0 saturated heterocycles. The van der Waals surface area contributed by atoms with Crippen molar-refractivity contribution < 1.29 is 0 Å². The molecule has 0 aromatic rings. The van der Waals surface area contributed by atoms with Crippen LogP contribution in [0.3, 0.4) is 0 Å². The van der Waals surface area contributed by atoms with Crippen LogP contribution in [0, 0.1) is 29.1 Å². The molecular weight excluding hydrogens is 132 g/mol. The summed E-state index contributed by atoms with van der Waals surface area (Å²) >= 11 is 0. The van der Waals surface area contributed by atoms with Crippen molar-refractivity contribution in [1.29, 1.82) is 0 Å². The summed E-state index contributed by atoms with van der Waals surface area (Å²) in [5.74, 6) is 4.88. The summed E-state index contributed by atoms with van der Waals surface area (Å²) in [4.78, 5) is 0. The average molecular weight is 148 g/mol. The third-order valence-electron chi connectivity index (χ3n) is 5.67. The first-order valence-electron chi connectivity index (χ1n) is 5.40. The molecule has 1 spiro atoms. The molecule has 5 fully saturated rings. The fraction of sp³-hybridized carbons (Fsp3) is 1.00. The largest absolute Gasteiger partial charge is 0.0491 e. The Morgan fingerprint density at radius 2 is 1.36 bits per heavy atom. The molecule has 0 nitrogen and oxygen atoms in total. The Labute approximate surface area is 68.4 Å². The van der Waals surface area contributed by atoms with Crippen LogP contribution >= 0.6 is 0 Å². The lowest BCUT2D eigenvalue weighted by atomic mass is 9.31. The Morgan fingerprint density at radius 3 is 1.64 bits per heavy atom. The first kappa shape index (κ1) is 5.61. The van der Waals surface area contributed by atoms with Crippen molar-refractivity contribution >= 4 is 0 Å². The molecule has 0 aromatic heterocycles. The van der Waals surface area contributed by atoms with E-state index in [2.05, 4.69) is 0 Å². The predicted octanol–water partition coefficient (Wildman–Crippen LogP) is 2.83. The minimum atomic E-state index is 0.978. The highest BCUT2D eigenvalue weighted by atomic mass is 14.7. The van der Waals surface area contributed by atoms with Gasteiger partial charge in [0.1, 0.15) is 0 Å². The van der Waals surface area contributed by atoms with Gasteiger partial charge in [-0.1, -0.05) is 0 Å². The van der Waals surface area contributed by atoms with Crippen LogP contribution in [0.25, 0.3) is 0 Å². The molecule has 2 unspecified atom stereocenters. The maximum atomic E-state index is 1.64. The molecular formula is C11H16. The van der Waals surface area contributed by atoms with E-state index in [1.54, 1.807) is 38.5 Å². The van der Waals surface area contributed by atoms with Gasteiger partial charge in [0.15, 0.2) is 0 Å². The van der Waals surface area contributed by atoms with Gasteiger partial charge in [-0.05, 0) is 67.6 Å². The summed E-state index contributed by atoms with van der Waals surface area (Å²) in [5.41, 5.74) is 0.978. The topological polar surface area (TPSA) is 0 Å². The molecule has 0 aromatic carbocycles. The summed E-state index contributed by atoms with van der Waals surface area (Å²) < 4.78 is 0. The van der Waals surface area contributed by atoms with E-state index < -0.39 is 0 Å². The lowest BCUT2D eigenvalue weighted by molar-refractivity contribution is -0.244. The van der Waals surface area contributed by atoms with E-state index in [9.17, 15) is 0 Å². The third-order valence-corrected chi connectivity index (χ3v) is 5.67. The van der Waals surface area contributed by atoms with Gasteiger partial charge in [-0.15, -0.1) is 0 Å². The lowest BCUT2D eigenvalue weighted by Crippen LogP contribution is -2.65. The molecule has 5 aliphatic carbocycles. The molecule has 0 N–H and O–H groups in total. The zero-order valence-electron chi connectivity index (χ0n) is 7.05. The fourth-order valence-corrected chi connectivity index (χ4v) is 4.91. The number of hydrogen-bond donors (Lipinski definition) is 0. The van der Waals surface area contributed by atoms with E-state index in [0.717, 1.165) is 5.41 Å². The quantitative estimate of drug-likeness (QED) is 0.495. The van der Waals surface area contributed by atoms with Gasteiger partial charge in [0.2, 0.25) is 0 Å². The van der Waals surface area contributed by atoms with Crippen molar-refractivity contribution in [3.05, 3.63) is 0 Å². The van der Waals surface area contributed by atoms with Crippen molar-refractivity contribution in [2.75, 3.05) is 0 Å². The Morgan fingerprint density at radius 1 is 0.818 bits per heavy atom. The van der Waals surface area contributed by atoms with Crippen molar-refractivity contribution in [1.82, 2.24) is 0 Å². The molecule has 0 heterocycles. The zero-order chi connectivity index (χ0) is 7.05. The maximum absolute atomic E-state index is 1.64. The van der Waals surface area contributed by atoms with Crippen molar-refractivity contribution in [2.45, 2.75) is 38.5 Å². The molecule has 5 aliphatic rings. The van der Waals surface area contributed by atoms with Crippen LogP contribution in [0.5, 0.6) is 0 Å². The van der Waals surface area contributed by atoms with Crippen LogP contribution in [-0.4, -0.2) is 0 Å². The van der Waals surface area contributed by atoms with Crippen LogP contribution in [0.1, 0.15) is 38.5 Å². The van der Waals surface area contributed by atoms with Gasteiger partial charge in [-0.25, -0.2) is 0 Å². The number of hydrogen-bond acceptors (Lipinski definition) is 0. The second-order valence-corrected chi connectivity index (χ2v) is 5.52. The van der Waals surface area contributed by atoms with Gasteiger partial charge < -0.3 is 0 Å². The third kappa shape index (κ3) is 0.400. The Hall–Kier alpha value is 0. The molecule has 5 saturated carbocycles. The van der Waals surface area contributed by atoms with Crippen molar-refractivity contribution in [3.63, 3.8) is 0 Å². The second-order valence-electron chi connectivity index (χ2n) is 5.52. The lowest BCUT2D eigenvalue weighted by Gasteiger charge is -2.74. The van der Waals surface area contributed by atoms with Crippen LogP contribution in [-0.2, 0) is 0 Å². The highest BCUT2D eigenvalue weighted by Gasteiger charge is 2.67. The highest BCUT2D eigenvalue weighted by Crippen LogP contribution is 2.76. The molecule has 11 heavy (non-hydrogen) atoms. The predicted molar refractivity (Wildman–Crippen MR) is 44.1 cm³/mol. The monoisotopic (exact) mass is 148 g/mol. The maximum Gasteiger partial charge on any atom is -0.0235 e. The first-order valence-corrected chi connectivity index (χ1v) is 5.40. The number of rotatable bonds is 0. The molecule has 2 bridgehead atoms. The van der Waals surface area contributed by atoms with E-state index in [1.165, 1.54) is 23.7 Å². The minimum Gasteiger partial charge on any atom is -0.0491 e. The Kier molecular flexibility index (Phi) is 0.717. The van der Waals surface area contributed by atoms with Gasteiger partial charge in [0.25, 0.3) is 0 Å². The van der Waals surface area contributed by atoms with E-state index >= 15 is 0 Å². The molecule has 60 valence electrons. The summed E-state index contributed by atoms with van der Waals surface area (Å²) in [6.45, 7) is 0. The molecule has 5 rings (SSSR count). The van der Waals surface area contributed by atoms with Gasteiger partial charge >= 0.3 is 0 Å². The van der Waals surface area contributed by atoms with Crippen LogP contribution in [0.2, 0.25) is 0 Å². The SMILES string of the molecule is C1C2CC1C1CCC13CCC23. The molecule has 0 aliphatic heterocycles. The molecule has 0 heteroatoms. The van der Waals surface area contributed by atoms with Crippen LogP contribution in [0.15, 0.2) is 0 Å². The van der Waals surface area contributed by atoms with E-state index in [0.29, 0.717) is 0 Å². The second kappa shape index (κ2) is 1.41. The Bertz CT molecular complexity index is 190. The smallest absolute Gasteiger partial charge is 0.0235 e. The Balaban J connectivity index is 1.79. The molecule has 0 amide bonds.